The lowest BCUT2D eigenvalue weighted by Crippen LogP contribution is -2.64. The van der Waals surface area contributed by atoms with E-state index in [-0.39, 0.29) is 6.61 Å². The molecule has 1 fully saturated rings. The van der Waals surface area contributed by atoms with Gasteiger partial charge in [-0.1, -0.05) is 0 Å². The van der Waals surface area contributed by atoms with Crippen LogP contribution in [0.25, 0.3) is 0 Å². The summed E-state index contributed by atoms with van der Waals surface area (Å²) in [6.45, 7) is 1.29. The van der Waals surface area contributed by atoms with Crippen molar-refractivity contribution >= 4 is 5.91 Å². The first-order valence-electron chi connectivity index (χ1n) is 4.93. The van der Waals surface area contributed by atoms with Gasteiger partial charge in [0.25, 0.3) is 0 Å². The van der Waals surface area contributed by atoms with Gasteiger partial charge in [0.05, 0.1) is 6.61 Å². The molecule has 1 heterocycles. The SMILES string of the molecule is COC[C@H]1O[C@@H](O)[C@H](NC(C)=O)[C@H](O)[C@@H]1O. The highest BCUT2D eigenvalue weighted by Gasteiger charge is 2.44. The predicted octanol–water partition coefficient (Wildman–Crippen LogP) is -2.42. The zero-order valence-electron chi connectivity index (χ0n) is 9.16. The molecule has 1 amide bonds. The smallest absolute Gasteiger partial charge is 0.217 e. The summed E-state index contributed by atoms with van der Waals surface area (Å²) in [5, 5.41) is 31.2. The third kappa shape index (κ3) is 2.89. The lowest BCUT2D eigenvalue weighted by Gasteiger charge is -2.40. The van der Waals surface area contributed by atoms with Crippen LogP contribution in [0.3, 0.4) is 0 Å². The summed E-state index contributed by atoms with van der Waals surface area (Å²) in [6, 6.07) is -1.04. The van der Waals surface area contributed by atoms with Crippen molar-refractivity contribution in [1.82, 2.24) is 5.32 Å². The van der Waals surface area contributed by atoms with Crippen LogP contribution >= 0.6 is 0 Å². The molecule has 0 aromatic carbocycles. The minimum Gasteiger partial charge on any atom is -0.388 e. The monoisotopic (exact) mass is 235 g/mol. The molecule has 1 rings (SSSR count). The Labute approximate surface area is 93.0 Å². The number of hydrogen-bond acceptors (Lipinski definition) is 6. The Morgan fingerprint density at radius 1 is 1.38 bits per heavy atom. The van der Waals surface area contributed by atoms with Crippen LogP contribution in [0.5, 0.6) is 0 Å². The van der Waals surface area contributed by atoms with E-state index < -0.39 is 36.6 Å². The van der Waals surface area contributed by atoms with Crippen molar-refractivity contribution in [2.24, 2.45) is 0 Å². The molecule has 0 aromatic heterocycles. The van der Waals surface area contributed by atoms with E-state index in [2.05, 4.69) is 5.32 Å². The van der Waals surface area contributed by atoms with Crippen LogP contribution in [-0.2, 0) is 14.3 Å². The molecular formula is C9H17NO6. The number of amides is 1. The first kappa shape index (κ1) is 13.3. The fourth-order valence-corrected chi connectivity index (χ4v) is 1.64. The van der Waals surface area contributed by atoms with Crippen LogP contribution in [-0.4, -0.2) is 65.6 Å². The summed E-state index contributed by atoms with van der Waals surface area (Å²) in [7, 11) is 1.41. The third-order valence-electron chi connectivity index (χ3n) is 2.42. The van der Waals surface area contributed by atoms with Gasteiger partial charge in [-0.2, -0.15) is 0 Å². The normalized spacial score (nSPS) is 39.4. The van der Waals surface area contributed by atoms with Crippen molar-refractivity contribution in [2.45, 2.75) is 37.6 Å². The highest BCUT2D eigenvalue weighted by atomic mass is 16.6. The van der Waals surface area contributed by atoms with Crippen molar-refractivity contribution in [1.29, 1.82) is 0 Å². The molecule has 94 valence electrons. The van der Waals surface area contributed by atoms with Gasteiger partial charge < -0.3 is 30.1 Å². The van der Waals surface area contributed by atoms with Crippen molar-refractivity contribution in [3.8, 4) is 0 Å². The van der Waals surface area contributed by atoms with E-state index in [1.54, 1.807) is 0 Å². The molecular weight excluding hydrogens is 218 g/mol. The second kappa shape index (κ2) is 5.55. The molecule has 16 heavy (non-hydrogen) atoms. The summed E-state index contributed by atoms with van der Waals surface area (Å²) in [6.07, 6.45) is -4.71. The maximum Gasteiger partial charge on any atom is 0.217 e. The molecule has 1 aliphatic rings. The first-order valence-corrected chi connectivity index (χ1v) is 4.93. The van der Waals surface area contributed by atoms with Crippen molar-refractivity contribution < 1.29 is 29.6 Å². The average Bonchev–Trinajstić information content (AvgIpc) is 2.21. The Morgan fingerprint density at radius 3 is 2.50 bits per heavy atom. The summed E-state index contributed by atoms with van der Waals surface area (Å²) in [5.74, 6) is -0.427. The number of aliphatic hydroxyl groups is 3. The molecule has 4 N–H and O–H groups in total. The van der Waals surface area contributed by atoms with Crippen LogP contribution in [0.15, 0.2) is 0 Å². The molecule has 0 saturated carbocycles. The largest absolute Gasteiger partial charge is 0.388 e. The Morgan fingerprint density at radius 2 is 2.00 bits per heavy atom. The average molecular weight is 235 g/mol. The standard InChI is InChI=1S/C9H17NO6/c1-4(11)10-6-8(13)7(12)5(3-15-2)16-9(6)14/h5-9,12-14H,3H2,1-2H3,(H,10,11)/t5-,6-,7-,8+,9-/m1/s1. The number of carbonyl (C=O) groups excluding carboxylic acids is 1. The second-order valence-electron chi connectivity index (χ2n) is 3.73. The number of carbonyl (C=O) groups is 1. The van der Waals surface area contributed by atoms with Gasteiger partial charge in [0.1, 0.15) is 24.4 Å². The predicted molar refractivity (Wildman–Crippen MR) is 52.4 cm³/mol. The minimum atomic E-state index is -1.37. The first-order chi connectivity index (χ1) is 7.47. The van der Waals surface area contributed by atoms with Gasteiger partial charge in [0, 0.05) is 14.0 Å². The number of methoxy groups -OCH3 is 1. The molecule has 5 atom stereocenters. The van der Waals surface area contributed by atoms with Gasteiger partial charge in [-0.25, -0.2) is 0 Å². The van der Waals surface area contributed by atoms with Crippen molar-refractivity contribution in [2.75, 3.05) is 13.7 Å². The zero-order valence-corrected chi connectivity index (χ0v) is 9.16. The molecule has 0 spiro atoms. The van der Waals surface area contributed by atoms with Crippen LogP contribution < -0.4 is 5.32 Å². The van der Waals surface area contributed by atoms with Crippen molar-refractivity contribution in [3.05, 3.63) is 0 Å². The summed E-state index contributed by atoms with van der Waals surface area (Å²) in [4.78, 5) is 10.8. The highest BCUT2D eigenvalue weighted by molar-refractivity contribution is 5.73. The molecule has 0 aliphatic carbocycles. The van der Waals surface area contributed by atoms with Crippen LogP contribution in [0.1, 0.15) is 6.92 Å². The van der Waals surface area contributed by atoms with Gasteiger partial charge in [-0.05, 0) is 0 Å². The second-order valence-corrected chi connectivity index (χ2v) is 3.73. The molecule has 7 heteroatoms. The Bertz CT molecular complexity index is 248. The lowest BCUT2D eigenvalue weighted by atomic mass is 9.97. The molecule has 0 bridgehead atoms. The van der Waals surface area contributed by atoms with Crippen LogP contribution in [0.4, 0.5) is 0 Å². The number of ether oxygens (including phenoxy) is 2. The van der Waals surface area contributed by atoms with Gasteiger partial charge in [-0.15, -0.1) is 0 Å². The van der Waals surface area contributed by atoms with E-state index in [4.69, 9.17) is 9.47 Å². The van der Waals surface area contributed by atoms with E-state index >= 15 is 0 Å². The fourth-order valence-electron chi connectivity index (χ4n) is 1.64. The van der Waals surface area contributed by atoms with Crippen LogP contribution in [0.2, 0.25) is 0 Å². The summed E-state index contributed by atoms with van der Waals surface area (Å²) < 4.78 is 9.80. The third-order valence-corrected chi connectivity index (χ3v) is 2.42. The number of aliphatic hydroxyl groups excluding tert-OH is 3. The van der Waals surface area contributed by atoms with E-state index in [9.17, 15) is 20.1 Å². The Kier molecular flexibility index (Phi) is 4.63. The Balaban J connectivity index is 2.67. The zero-order chi connectivity index (χ0) is 12.3. The van der Waals surface area contributed by atoms with Crippen molar-refractivity contribution in [3.63, 3.8) is 0 Å². The quantitative estimate of drug-likeness (QED) is 0.433. The molecule has 1 aliphatic heterocycles. The fraction of sp³-hybridized carbons (Fsp3) is 0.889. The van der Waals surface area contributed by atoms with Gasteiger partial charge in [0.2, 0.25) is 5.91 Å². The van der Waals surface area contributed by atoms with E-state index in [1.807, 2.05) is 0 Å². The Hall–Kier alpha value is -0.730. The van der Waals surface area contributed by atoms with Gasteiger partial charge in [-0.3, -0.25) is 4.79 Å². The number of nitrogens with one attached hydrogen (secondary N) is 1. The molecule has 0 aromatic rings. The minimum absolute atomic E-state index is 0.0437. The maximum atomic E-state index is 10.8. The molecule has 0 radical (unpaired) electrons. The van der Waals surface area contributed by atoms with E-state index in [0.29, 0.717) is 0 Å². The molecule has 0 unspecified atom stereocenters. The highest BCUT2D eigenvalue weighted by Crippen LogP contribution is 2.20. The number of hydrogen-bond donors (Lipinski definition) is 4. The van der Waals surface area contributed by atoms with E-state index in [1.165, 1.54) is 14.0 Å². The molecule has 1 saturated heterocycles. The number of rotatable bonds is 3. The summed E-state index contributed by atoms with van der Waals surface area (Å²) >= 11 is 0. The summed E-state index contributed by atoms with van der Waals surface area (Å²) in [5.41, 5.74) is 0. The van der Waals surface area contributed by atoms with E-state index in [0.717, 1.165) is 0 Å². The van der Waals surface area contributed by atoms with Gasteiger partial charge >= 0.3 is 0 Å². The van der Waals surface area contributed by atoms with Crippen LogP contribution in [0, 0.1) is 0 Å². The van der Waals surface area contributed by atoms with Gasteiger partial charge in [0.15, 0.2) is 6.29 Å². The lowest BCUT2D eigenvalue weighted by molar-refractivity contribution is -0.255. The maximum absolute atomic E-state index is 10.8. The molecule has 7 nitrogen and oxygen atoms in total. The topological polar surface area (TPSA) is 108 Å².